The van der Waals surface area contributed by atoms with Crippen LogP contribution in [0.25, 0.3) is 0 Å². The second kappa shape index (κ2) is 6.52. The zero-order valence-corrected chi connectivity index (χ0v) is 14.7. The molecule has 0 fully saturated rings. The van der Waals surface area contributed by atoms with Crippen LogP contribution in [0.5, 0.6) is 5.75 Å². The van der Waals surface area contributed by atoms with Crippen LogP contribution in [0.3, 0.4) is 0 Å². The van der Waals surface area contributed by atoms with Crippen LogP contribution in [-0.2, 0) is 0 Å². The highest BCUT2D eigenvalue weighted by Gasteiger charge is 2.26. The number of rotatable bonds is 3. The zero-order chi connectivity index (χ0) is 16.6. The van der Waals surface area contributed by atoms with E-state index in [2.05, 4.69) is 4.99 Å². The average molecular weight is 368 g/mol. The highest BCUT2D eigenvalue weighted by atomic mass is 35.5. The van der Waals surface area contributed by atoms with Gasteiger partial charge in [0, 0.05) is 16.1 Å². The van der Waals surface area contributed by atoms with Gasteiger partial charge in [-0.1, -0.05) is 46.9 Å². The fourth-order valence-corrected chi connectivity index (χ4v) is 3.54. The molecule has 0 radical (unpaired) electrons. The molecule has 0 amide bonds. The van der Waals surface area contributed by atoms with Crippen molar-refractivity contribution in [2.45, 2.75) is 13.1 Å². The first-order valence-corrected chi connectivity index (χ1v) is 8.05. The molecule has 0 spiro atoms. The van der Waals surface area contributed by atoms with E-state index >= 15 is 0 Å². The summed E-state index contributed by atoms with van der Waals surface area (Å²) in [6, 6.07) is 11.0. The van der Waals surface area contributed by atoms with Crippen molar-refractivity contribution in [3.05, 3.63) is 62.6 Å². The Hall–Kier alpha value is -1.55. The minimum absolute atomic E-state index is 0.453. The number of para-hydroxylation sites is 1. The lowest BCUT2D eigenvalue weighted by Gasteiger charge is -2.10. The van der Waals surface area contributed by atoms with Gasteiger partial charge in [0.15, 0.2) is 6.17 Å². The monoisotopic (exact) mass is 366 g/mol. The molecule has 1 aliphatic heterocycles. The molecule has 0 saturated heterocycles. The van der Waals surface area contributed by atoms with Crippen LogP contribution in [0.4, 0.5) is 0 Å². The Morgan fingerprint density at radius 2 is 1.65 bits per heavy atom. The summed E-state index contributed by atoms with van der Waals surface area (Å²) < 4.78 is 5.40. The van der Waals surface area contributed by atoms with Gasteiger partial charge >= 0.3 is 0 Å². The molecule has 3 rings (SSSR count). The van der Waals surface area contributed by atoms with Gasteiger partial charge in [-0.25, -0.2) is 0 Å². The van der Waals surface area contributed by atoms with E-state index in [-0.39, 0.29) is 0 Å². The summed E-state index contributed by atoms with van der Waals surface area (Å²) in [6.07, 6.45) is -0.479. The maximum absolute atomic E-state index is 6.28. The van der Waals surface area contributed by atoms with Crippen molar-refractivity contribution in [1.29, 1.82) is 0 Å². The van der Waals surface area contributed by atoms with Gasteiger partial charge < -0.3 is 4.74 Å². The van der Waals surface area contributed by atoms with Crippen LogP contribution in [0.1, 0.15) is 24.2 Å². The summed E-state index contributed by atoms with van der Waals surface area (Å²) in [5.74, 6) is 0.745. The third-order valence-corrected chi connectivity index (χ3v) is 4.42. The van der Waals surface area contributed by atoms with E-state index in [4.69, 9.17) is 44.5 Å². The molecule has 2 aromatic rings. The number of benzene rings is 2. The first-order chi connectivity index (χ1) is 11.0. The Labute approximate surface area is 149 Å². The quantitative estimate of drug-likeness (QED) is 0.693. The second-order valence-electron chi connectivity index (χ2n) is 5.05. The SMILES string of the molecule is COc1ccccc1C1=N[C@@H](c2c(Cl)cc(Cl)cc2Cl)N=C1C. The summed E-state index contributed by atoms with van der Waals surface area (Å²) in [6.45, 7) is 1.91. The summed E-state index contributed by atoms with van der Waals surface area (Å²) in [4.78, 5) is 9.28. The Balaban J connectivity index is 2.08. The number of methoxy groups -OCH3 is 1. The van der Waals surface area contributed by atoms with Crippen molar-refractivity contribution in [3.63, 3.8) is 0 Å². The summed E-state index contributed by atoms with van der Waals surface area (Å²) in [7, 11) is 1.63. The molecule has 1 aliphatic rings. The Kier molecular flexibility index (Phi) is 4.62. The molecule has 3 nitrogen and oxygen atoms in total. The van der Waals surface area contributed by atoms with Gasteiger partial charge in [0.1, 0.15) is 5.75 Å². The van der Waals surface area contributed by atoms with Crippen LogP contribution in [0.2, 0.25) is 15.1 Å². The predicted molar refractivity (Wildman–Crippen MR) is 96.9 cm³/mol. The van der Waals surface area contributed by atoms with Crippen molar-refractivity contribution in [2.24, 2.45) is 9.98 Å². The largest absolute Gasteiger partial charge is 0.496 e. The fourth-order valence-electron chi connectivity index (χ4n) is 2.52. The number of halogens is 3. The maximum Gasteiger partial charge on any atom is 0.169 e. The second-order valence-corrected chi connectivity index (χ2v) is 6.30. The van der Waals surface area contributed by atoms with Crippen LogP contribution in [0.15, 0.2) is 46.4 Å². The molecule has 0 saturated carbocycles. The van der Waals surface area contributed by atoms with E-state index in [1.807, 2.05) is 31.2 Å². The van der Waals surface area contributed by atoms with E-state index in [1.54, 1.807) is 19.2 Å². The summed E-state index contributed by atoms with van der Waals surface area (Å²) in [5.41, 5.74) is 3.12. The highest BCUT2D eigenvalue weighted by molar-refractivity contribution is 6.49. The van der Waals surface area contributed by atoms with E-state index in [1.165, 1.54) is 0 Å². The van der Waals surface area contributed by atoms with Crippen molar-refractivity contribution >= 4 is 46.2 Å². The Bertz CT molecular complexity index is 807. The number of nitrogens with zero attached hydrogens (tertiary/aromatic N) is 2. The molecule has 0 N–H and O–H groups in total. The Morgan fingerprint density at radius 3 is 2.30 bits per heavy atom. The molecular weight excluding hydrogens is 355 g/mol. The van der Waals surface area contributed by atoms with Crippen LogP contribution < -0.4 is 4.74 Å². The third kappa shape index (κ3) is 3.09. The van der Waals surface area contributed by atoms with Gasteiger partial charge in [0.2, 0.25) is 0 Å². The maximum atomic E-state index is 6.28. The lowest BCUT2D eigenvalue weighted by atomic mass is 10.1. The molecule has 23 heavy (non-hydrogen) atoms. The smallest absolute Gasteiger partial charge is 0.169 e. The van der Waals surface area contributed by atoms with Crippen molar-refractivity contribution < 1.29 is 4.74 Å². The van der Waals surface area contributed by atoms with E-state index < -0.39 is 6.17 Å². The van der Waals surface area contributed by atoms with E-state index in [0.29, 0.717) is 20.6 Å². The minimum atomic E-state index is -0.479. The van der Waals surface area contributed by atoms with Crippen LogP contribution in [0, 0.1) is 0 Å². The molecule has 6 heteroatoms. The lowest BCUT2D eigenvalue weighted by Crippen LogP contribution is -2.09. The third-order valence-electron chi connectivity index (χ3n) is 3.57. The van der Waals surface area contributed by atoms with Gasteiger partial charge in [-0.3, -0.25) is 9.98 Å². The topological polar surface area (TPSA) is 34.0 Å². The molecule has 0 aromatic heterocycles. The van der Waals surface area contributed by atoms with Crippen molar-refractivity contribution in [2.75, 3.05) is 7.11 Å². The summed E-state index contributed by atoms with van der Waals surface area (Å²) >= 11 is 18.5. The summed E-state index contributed by atoms with van der Waals surface area (Å²) in [5, 5.41) is 1.39. The first-order valence-electron chi connectivity index (χ1n) is 6.91. The van der Waals surface area contributed by atoms with Gasteiger partial charge in [-0.05, 0) is 31.2 Å². The highest BCUT2D eigenvalue weighted by Crippen LogP contribution is 2.38. The predicted octanol–water partition coefficient (Wildman–Crippen LogP) is 5.62. The molecule has 1 atom stereocenters. The van der Waals surface area contributed by atoms with Gasteiger partial charge in [0.05, 0.1) is 28.6 Å². The average Bonchev–Trinajstić information content (AvgIpc) is 2.87. The zero-order valence-electron chi connectivity index (χ0n) is 12.5. The van der Waals surface area contributed by atoms with Crippen LogP contribution >= 0.6 is 34.8 Å². The molecule has 0 aliphatic carbocycles. The minimum Gasteiger partial charge on any atom is -0.496 e. The molecular formula is C17H13Cl3N2O. The lowest BCUT2D eigenvalue weighted by molar-refractivity contribution is 0.414. The van der Waals surface area contributed by atoms with Crippen LogP contribution in [-0.4, -0.2) is 18.5 Å². The van der Waals surface area contributed by atoms with Crippen molar-refractivity contribution in [1.82, 2.24) is 0 Å². The number of aliphatic imine (C=N–C) groups is 2. The normalized spacial score (nSPS) is 17.0. The fraction of sp³-hybridized carbons (Fsp3) is 0.176. The first kappa shape index (κ1) is 16.3. The number of hydrogen-bond acceptors (Lipinski definition) is 3. The molecule has 1 heterocycles. The number of ether oxygens (including phenoxy) is 1. The van der Waals surface area contributed by atoms with Crippen molar-refractivity contribution in [3.8, 4) is 5.75 Å². The standard InChI is InChI=1S/C17H13Cl3N2O/c1-9-16(11-5-3-4-6-14(11)23-2)22-17(21-9)15-12(19)7-10(18)8-13(15)20/h3-8,17H,1-2H3/t17-/m0/s1. The van der Waals surface area contributed by atoms with Gasteiger partial charge in [-0.2, -0.15) is 0 Å². The molecule has 118 valence electrons. The molecule has 0 bridgehead atoms. The van der Waals surface area contributed by atoms with E-state index in [0.717, 1.165) is 22.7 Å². The molecule has 0 unspecified atom stereocenters. The van der Waals surface area contributed by atoms with Gasteiger partial charge in [0.25, 0.3) is 0 Å². The van der Waals surface area contributed by atoms with Gasteiger partial charge in [-0.15, -0.1) is 0 Å². The molecule has 2 aromatic carbocycles. The van der Waals surface area contributed by atoms with E-state index in [9.17, 15) is 0 Å². The number of hydrogen-bond donors (Lipinski definition) is 0. The Morgan fingerprint density at radius 1 is 1.00 bits per heavy atom.